The Hall–Kier alpha value is -0.390. The van der Waals surface area contributed by atoms with Crippen LogP contribution < -0.4 is 0 Å². The van der Waals surface area contributed by atoms with Gasteiger partial charge in [-0.3, -0.25) is 4.79 Å². The molecular weight excluding hydrogens is 229 g/mol. The van der Waals surface area contributed by atoms with Crippen molar-refractivity contribution in [3.8, 4) is 0 Å². The fourth-order valence-electron chi connectivity index (χ4n) is 1.97. The van der Waals surface area contributed by atoms with Gasteiger partial charge in [-0.2, -0.15) is 24.9 Å². The number of halogens is 3. The highest BCUT2D eigenvalue weighted by molar-refractivity contribution is 7.99. The van der Waals surface area contributed by atoms with Gasteiger partial charge in [0.05, 0.1) is 11.8 Å². The Morgan fingerprint density at radius 1 is 1.40 bits per heavy atom. The normalized spacial score (nSPS) is 32.7. The highest BCUT2D eigenvalue weighted by Crippen LogP contribution is 2.43. The lowest BCUT2D eigenvalue weighted by Gasteiger charge is -2.33. The van der Waals surface area contributed by atoms with Crippen LogP contribution in [0.1, 0.15) is 19.3 Å². The largest absolute Gasteiger partial charge is 0.481 e. The first-order valence-corrected chi connectivity index (χ1v) is 5.97. The van der Waals surface area contributed by atoms with E-state index in [2.05, 4.69) is 0 Å². The Morgan fingerprint density at radius 3 is 2.40 bits per heavy atom. The topological polar surface area (TPSA) is 37.3 Å². The summed E-state index contributed by atoms with van der Waals surface area (Å²) in [4.78, 5) is 10.8. The monoisotopic (exact) mass is 242 g/mol. The molecule has 0 aromatic rings. The van der Waals surface area contributed by atoms with Gasteiger partial charge >= 0.3 is 12.1 Å². The van der Waals surface area contributed by atoms with E-state index in [0.29, 0.717) is 0 Å². The molecule has 1 N–H and O–H groups in total. The summed E-state index contributed by atoms with van der Waals surface area (Å²) in [6.45, 7) is 0. The fourth-order valence-corrected chi connectivity index (χ4v) is 2.98. The molecule has 1 rings (SSSR count). The van der Waals surface area contributed by atoms with Gasteiger partial charge in [-0.1, -0.05) is 0 Å². The Bertz CT molecular complexity index is 242. The summed E-state index contributed by atoms with van der Waals surface area (Å²) in [5.41, 5.74) is 0. The lowest BCUT2D eigenvalue weighted by molar-refractivity contribution is -0.185. The van der Waals surface area contributed by atoms with Crippen molar-refractivity contribution in [3.63, 3.8) is 0 Å². The van der Waals surface area contributed by atoms with Crippen molar-refractivity contribution in [2.45, 2.75) is 30.7 Å². The predicted molar refractivity (Wildman–Crippen MR) is 51.8 cm³/mol. The number of carbonyl (C=O) groups is 1. The van der Waals surface area contributed by atoms with E-state index in [1.807, 2.05) is 0 Å². The molecular formula is C9H13F3O2S. The molecule has 0 aliphatic heterocycles. The van der Waals surface area contributed by atoms with Crippen LogP contribution in [-0.2, 0) is 4.79 Å². The van der Waals surface area contributed by atoms with Crippen molar-refractivity contribution in [1.82, 2.24) is 0 Å². The van der Waals surface area contributed by atoms with E-state index in [9.17, 15) is 18.0 Å². The maximum absolute atomic E-state index is 12.4. The molecule has 3 atom stereocenters. The minimum absolute atomic E-state index is 0.0580. The summed E-state index contributed by atoms with van der Waals surface area (Å²) in [5, 5.41) is 8.42. The van der Waals surface area contributed by atoms with Crippen LogP contribution in [0.4, 0.5) is 13.2 Å². The van der Waals surface area contributed by atoms with E-state index in [0.717, 1.165) is 0 Å². The predicted octanol–water partition coefficient (Wildman–Crippen LogP) is 2.78. The van der Waals surface area contributed by atoms with Gasteiger partial charge in [-0.25, -0.2) is 0 Å². The fraction of sp³-hybridized carbons (Fsp3) is 0.889. The highest BCUT2D eigenvalue weighted by atomic mass is 32.2. The Balaban J connectivity index is 2.67. The Labute approximate surface area is 90.2 Å². The molecule has 0 aromatic heterocycles. The van der Waals surface area contributed by atoms with E-state index in [4.69, 9.17) is 5.11 Å². The number of aliphatic carboxylic acids is 1. The smallest absolute Gasteiger partial charge is 0.391 e. The third-order valence-electron chi connectivity index (χ3n) is 2.87. The first kappa shape index (κ1) is 12.7. The SMILES string of the molecule is CSC1CC(C(F)(F)F)CCC1C(=O)O. The maximum Gasteiger partial charge on any atom is 0.391 e. The molecule has 0 heterocycles. The first-order chi connectivity index (χ1) is 6.86. The molecule has 15 heavy (non-hydrogen) atoms. The number of rotatable bonds is 2. The van der Waals surface area contributed by atoms with Gasteiger partial charge in [0, 0.05) is 5.25 Å². The lowest BCUT2D eigenvalue weighted by atomic mass is 9.81. The molecule has 6 heteroatoms. The van der Waals surface area contributed by atoms with Crippen LogP contribution in [0.2, 0.25) is 0 Å². The summed E-state index contributed by atoms with van der Waals surface area (Å²) < 4.78 is 37.3. The second kappa shape index (κ2) is 4.63. The zero-order valence-corrected chi connectivity index (χ0v) is 9.07. The molecule has 3 unspecified atom stereocenters. The molecule has 1 aliphatic carbocycles. The summed E-state index contributed by atoms with van der Waals surface area (Å²) in [6.07, 6.45) is -2.51. The number of hydrogen-bond acceptors (Lipinski definition) is 2. The number of carboxylic acids is 1. The molecule has 0 bridgehead atoms. The lowest BCUT2D eigenvalue weighted by Crippen LogP contribution is -2.37. The standard InChI is InChI=1S/C9H13F3O2S/c1-15-7-4-5(9(10,11)12)2-3-6(7)8(13)14/h5-7H,2-4H2,1H3,(H,13,14). The molecule has 0 spiro atoms. The van der Waals surface area contributed by atoms with Crippen molar-refractivity contribution in [1.29, 1.82) is 0 Å². The van der Waals surface area contributed by atoms with E-state index in [1.165, 1.54) is 11.8 Å². The first-order valence-electron chi connectivity index (χ1n) is 4.68. The van der Waals surface area contributed by atoms with Crippen molar-refractivity contribution in [2.75, 3.05) is 6.26 Å². The second-order valence-corrected chi connectivity index (χ2v) is 4.85. The molecule has 2 nitrogen and oxygen atoms in total. The van der Waals surface area contributed by atoms with E-state index >= 15 is 0 Å². The summed E-state index contributed by atoms with van der Waals surface area (Å²) in [5.74, 6) is -2.93. The average molecular weight is 242 g/mol. The zero-order chi connectivity index (χ0) is 11.6. The van der Waals surface area contributed by atoms with Crippen LogP contribution >= 0.6 is 11.8 Å². The Kier molecular flexibility index (Phi) is 3.92. The molecule has 88 valence electrons. The van der Waals surface area contributed by atoms with E-state index < -0.39 is 29.2 Å². The zero-order valence-electron chi connectivity index (χ0n) is 8.25. The van der Waals surface area contributed by atoms with Gasteiger partial charge in [0.2, 0.25) is 0 Å². The van der Waals surface area contributed by atoms with Crippen LogP contribution in [0.25, 0.3) is 0 Å². The summed E-state index contributed by atoms with van der Waals surface area (Å²) in [6, 6.07) is 0. The minimum Gasteiger partial charge on any atom is -0.481 e. The molecule has 1 fully saturated rings. The highest BCUT2D eigenvalue weighted by Gasteiger charge is 2.46. The van der Waals surface area contributed by atoms with E-state index in [-0.39, 0.29) is 19.3 Å². The van der Waals surface area contributed by atoms with E-state index in [1.54, 1.807) is 6.26 Å². The summed E-state index contributed by atoms with van der Waals surface area (Å²) >= 11 is 1.22. The van der Waals surface area contributed by atoms with Gasteiger partial charge in [0.1, 0.15) is 0 Å². The maximum atomic E-state index is 12.4. The van der Waals surface area contributed by atoms with Gasteiger partial charge in [0.25, 0.3) is 0 Å². The number of thioether (sulfide) groups is 1. The van der Waals surface area contributed by atoms with Crippen LogP contribution in [0.15, 0.2) is 0 Å². The molecule has 0 radical (unpaired) electrons. The minimum atomic E-state index is -4.18. The molecule has 0 saturated heterocycles. The average Bonchev–Trinajstić information content (AvgIpc) is 2.15. The number of carboxylic acid groups (broad SMARTS) is 1. The van der Waals surface area contributed by atoms with Gasteiger partial charge in [-0.15, -0.1) is 0 Å². The van der Waals surface area contributed by atoms with Gasteiger partial charge < -0.3 is 5.11 Å². The van der Waals surface area contributed by atoms with Crippen molar-refractivity contribution >= 4 is 17.7 Å². The number of alkyl halides is 3. The Morgan fingerprint density at radius 2 is 2.00 bits per heavy atom. The van der Waals surface area contributed by atoms with Crippen LogP contribution in [0.3, 0.4) is 0 Å². The molecule has 0 aromatic carbocycles. The van der Waals surface area contributed by atoms with Crippen molar-refractivity contribution in [2.24, 2.45) is 11.8 Å². The molecule has 1 aliphatic rings. The van der Waals surface area contributed by atoms with Gasteiger partial charge in [-0.05, 0) is 25.5 Å². The van der Waals surface area contributed by atoms with Crippen LogP contribution in [0, 0.1) is 11.8 Å². The van der Waals surface area contributed by atoms with Gasteiger partial charge in [0.15, 0.2) is 0 Å². The summed E-state index contributed by atoms with van der Waals surface area (Å²) in [7, 11) is 0. The van der Waals surface area contributed by atoms with Crippen molar-refractivity contribution in [3.05, 3.63) is 0 Å². The molecule has 1 saturated carbocycles. The van der Waals surface area contributed by atoms with Crippen molar-refractivity contribution < 1.29 is 23.1 Å². The quantitative estimate of drug-likeness (QED) is 0.809. The van der Waals surface area contributed by atoms with Crippen LogP contribution in [0.5, 0.6) is 0 Å². The number of hydrogen-bond donors (Lipinski definition) is 1. The third-order valence-corrected chi connectivity index (χ3v) is 4.00. The molecule has 0 amide bonds. The third kappa shape index (κ3) is 3.03. The second-order valence-electron chi connectivity index (χ2n) is 3.77. The van der Waals surface area contributed by atoms with Crippen LogP contribution in [-0.4, -0.2) is 28.8 Å².